The van der Waals surface area contributed by atoms with E-state index in [1.54, 1.807) is 12.1 Å². The molecule has 0 radical (unpaired) electrons. The van der Waals surface area contributed by atoms with Gasteiger partial charge in [0.2, 0.25) is 10.9 Å². The SMILES string of the molecule is O=S(=O)(NC1CC1)c1ccc(-c2ccno2)o1. The molecule has 1 aliphatic carbocycles. The second-order valence-electron chi connectivity index (χ2n) is 3.89. The molecule has 0 saturated heterocycles. The predicted molar refractivity (Wildman–Crippen MR) is 57.5 cm³/mol. The van der Waals surface area contributed by atoms with Crippen LogP contribution >= 0.6 is 0 Å². The molecule has 90 valence electrons. The molecule has 1 N–H and O–H groups in total. The average molecular weight is 254 g/mol. The molecule has 0 atom stereocenters. The normalized spacial score (nSPS) is 16.2. The minimum absolute atomic E-state index is 0.0545. The summed E-state index contributed by atoms with van der Waals surface area (Å²) in [6, 6.07) is 4.60. The van der Waals surface area contributed by atoms with Gasteiger partial charge in [-0.3, -0.25) is 0 Å². The highest BCUT2D eigenvalue weighted by molar-refractivity contribution is 7.89. The molecule has 6 nitrogen and oxygen atoms in total. The maximum absolute atomic E-state index is 11.8. The van der Waals surface area contributed by atoms with Crippen molar-refractivity contribution in [3.8, 4) is 11.5 Å². The zero-order valence-corrected chi connectivity index (χ0v) is 9.61. The summed E-state index contributed by atoms with van der Waals surface area (Å²) in [6.07, 6.45) is 3.23. The van der Waals surface area contributed by atoms with Crippen LogP contribution in [0.1, 0.15) is 12.8 Å². The van der Waals surface area contributed by atoms with Gasteiger partial charge in [0.05, 0.1) is 6.20 Å². The van der Waals surface area contributed by atoms with Crippen molar-refractivity contribution in [2.45, 2.75) is 24.0 Å². The smallest absolute Gasteiger partial charge is 0.274 e. The van der Waals surface area contributed by atoms with E-state index in [1.807, 2.05) is 0 Å². The van der Waals surface area contributed by atoms with Crippen LogP contribution in [0.25, 0.3) is 11.5 Å². The lowest BCUT2D eigenvalue weighted by Crippen LogP contribution is -2.25. The van der Waals surface area contributed by atoms with E-state index in [4.69, 9.17) is 8.94 Å². The van der Waals surface area contributed by atoms with Crippen molar-refractivity contribution < 1.29 is 17.4 Å². The molecule has 17 heavy (non-hydrogen) atoms. The molecule has 1 fully saturated rings. The Balaban J connectivity index is 1.89. The van der Waals surface area contributed by atoms with Gasteiger partial charge in [-0.2, -0.15) is 0 Å². The fourth-order valence-corrected chi connectivity index (χ4v) is 2.66. The molecule has 2 heterocycles. The monoisotopic (exact) mass is 254 g/mol. The average Bonchev–Trinajstić information content (AvgIpc) is 2.85. The highest BCUT2D eigenvalue weighted by Crippen LogP contribution is 2.26. The number of sulfonamides is 1. The zero-order chi connectivity index (χ0) is 11.9. The van der Waals surface area contributed by atoms with Crippen LogP contribution in [-0.2, 0) is 10.0 Å². The Bertz CT molecular complexity index is 611. The summed E-state index contributed by atoms with van der Waals surface area (Å²) in [4.78, 5) is 0. The molecule has 0 aliphatic heterocycles. The molecule has 7 heteroatoms. The van der Waals surface area contributed by atoms with Crippen molar-refractivity contribution in [3.05, 3.63) is 24.4 Å². The van der Waals surface area contributed by atoms with Gasteiger partial charge < -0.3 is 8.94 Å². The van der Waals surface area contributed by atoms with Crippen molar-refractivity contribution in [2.24, 2.45) is 0 Å². The van der Waals surface area contributed by atoms with Gasteiger partial charge in [0, 0.05) is 12.1 Å². The summed E-state index contributed by atoms with van der Waals surface area (Å²) in [7, 11) is -3.55. The van der Waals surface area contributed by atoms with Crippen molar-refractivity contribution in [3.63, 3.8) is 0 Å². The Labute approximate surface area is 97.6 Å². The van der Waals surface area contributed by atoms with E-state index in [1.165, 1.54) is 12.3 Å². The Morgan fingerprint density at radius 1 is 1.24 bits per heavy atom. The molecule has 2 aromatic rings. The molecule has 0 bridgehead atoms. The van der Waals surface area contributed by atoms with Gasteiger partial charge >= 0.3 is 0 Å². The molecular formula is C10H10N2O4S. The van der Waals surface area contributed by atoms with Gasteiger partial charge in [0.25, 0.3) is 10.0 Å². The Morgan fingerprint density at radius 3 is 2.71 bits per heavy atom. The predicted octanol–water partition coefficient (Wildman–Crippen LogP) is 1.38. The maximum Gasteiger partial charge on any atom is 0.274 e. The van der Waals surface area contributed by atoms with Gasteiger partial charge in [0.1, 0.15) is 0 Å². The second kappa shape index (κ2) is 3.71. The lowest BCUT2D eigenvalue weighted by atomic mass is 10.4. The van der Waals surface area contributed by atoms with Crippen LogP contribution in [0.15, 0.2) is 38.4 Å². The van der Waals surface area contributed by atoms with Crippen LogP contribution in [0, 0.1) is 0 Å². The van der Waals surface area contributed by atoms with Crippen LogP contribution in [-0.4, -0.2) is 19.6 Å². The highest BCUT2D eigenvalue weighted by Gasteiger charge is 2.30. The van der Waals surface area contributed by atoms with E-state index in [0.29, 0.717) is 11.5 Å². The van der Waals surface area contributed by atoms with Gasteiger partial charge in [-0.05, 0) is 25.0 Å². The van der Waals surface area contributed by atoms with Crippen LogP contribution in [0.4, 0.5) is 0 Å². The number of rotatable bonds is 4. The van der Waals surface area contributed by atoms with E-state index < -0.39 is 10.0 Å². The molecule has 3 rings (SSSR count). The van der Waals surface area contributed by atoms with Gasteiger partial charge in [-0.15, -0.1) is 0 Å². The quantitative estimate of drug-likeness (QED) is 0.890. The van der Waals surface area contributed by atoms with Crippen LogP contribution < -0.4 is 4.72 Å². The molecule has 2 aromatic heterocycles. The fraction of sp³-hybridized carbons (Fsp3) is 0.300. The first-order valence-corrected chi connectivity index (χ1v) is 6.67. The van der Waals surface area contributed by atoms with E-state index in [-0.39, 0.29) is 11.1 Å². The molecule has 0 spiro atoms. The Morgan fingerprint density at radius 2 is 2.06 bits per heavy atom. The summed E-state index contributed by atoms with van der Waals surface area (Å²) in [5.41, 5.74) is 0. The van der Waals surface area contributed by atoms with Gasteiger partial charge in [-0.1, -0.05) is 5.16 Å². The van der Waals surface area contributed by atoms with Crippen molar-refractivity contribution in [2.75, 3.05) is 0 Å². The summed E-state index contributed by atoms with van der Waals surface area (Å²) in [5, 5.41) is 3.43. The summed E-state index contributed by atoms with van der Waals surface area (Å²) >= 11 is 0. The second-order valence-corrected chi connectivity index (χ2v) is 5.54. The Hall–Kier alpha value is -1.60. The van der Waals surface area contributed by atoms with E-state index in [0.717, 1.165) is 12.8 Å². The first-order valence-electron chi connectivity index (χ1n) is 5.18. The Kier molecular flexibility index (Phi) is 2.30. The molecule has 0 aromatic carbocycles. The molecule has 1 saturated carbocycles. The molecule has 0 amide bonds. The molecule has 0 unspecified atom stereocenters. The lowest BCUT2D eigenvalue weighted by Gasteiger charge is -2.00. The van der Waals surface area contributed by atoms with Crippen molar-refractivity contribution >= 4 is 10.0 Å². The van der Waals surface area contributed by atoms with E-state index in [2.05, 4.69) is 9.88 Å². The lowest BCUT2D eigenvalue weighted by molar-refractivity contribution is 0.400. The maximum atomic E-state index is 11.8. The van der Waals surface area contributed by atoms with Crippen LogP contribution in [0.3, 0.4) is 0 Å². The number of aromatic nitrogens is 1. The topological polar surface area (TPSA) is 85.3 Å². The first kappa shape index (κ1) is 10.5. The third-order valence-corrected chi connectivity index (χ3v) is 3.82. The third-order valence-electron chi connectivity index (χ3n) is 2.43. The summed E-state index contributed by atoms with van der Waals surface area (Å²) in [6.45, 7) is 0. The molecular weight excluding hydrogens is 244 g/mol. The third kappa shape index (κ3) is 2.11. The van der Waals surface area contributed by atoms with E-state index >= 15 is 0 Å². The van der Waals surface area contributed by atoms with Crippen molar-refractivity contribution in [1.82, 2.24) is 9.88 Å². The number of furan rings is 1. The number of nitrogens with one attached hydrogen (secondary N) is 1. The van der Waals surface area contributed by atoms with Crippen molar-refractivity contribution in [1.29, 1.82) is 0 Å². The van der Waals surface area contributed by atoms with Crippen LogP contribution in [0.5, 0.6) is 0 Å². The van der Waals surface area contributed by atoms with E-state index in [9.17, 15) is 8.42 Å². The zero-order valence-electron chi connectivity index (χ0n) is 8.79. The van der Waals surface area contributed by atoms with Crippen LogP contribution in [0.2, 0.25) is 0 Å². The number of hydrogen-bond acceptors (Lipinski definition) is 5. The minimum atomic E-state index is -3.55. The first-order chi connectivity index (χ1) is 8.15. The molecule has 1 aliphatic rings. The number of nitrogens with zero attached hydrogens (tertiary/aromatic N) is 1. The highest BCUT2D eigenvalue weighted by atomic mass is 32.2. The summed E-state index contributed by atoms with van der Waals surface area (Å²) in [5.74, 6) is 0.747. The minimum Gasteiger partial charge on any atom is -0.440 e. The van der Waals surface area contributed by atoms with Gasteiger partial charge in [0.15, 0.2) is 5.76 Å². The van der Waals surface area contributed by atoms with Gasteiger partial charge in [-0.25, -0.2) is 13.1 Å². The standard InChI is InChI=1S/C10H10N2O4S/c13-17(14,12-7-1-2-7)10-4-3-8(15-10)9-5-6-11-16-9/h3-7,12H,1-2H2. The largest absolute Gasteiger partial charge is 0.440 e. The number of hydrogen-bond donors (Lipinski definition) is 1. The summed E-state index contributed by atoms with van der Waals surface area (Å²) < 4.78 is 36.3. The fourth-order valence-electron chi connectivity index (χ4n) is 1.42.